The molecule has 0 aliphatic carbocycles. The summed E-state index contributed by atoms with van der Waals surface area (Å²) in [6.45, 7) is 5.08. The fourth-order valence-corrected chi connectivity index (χ4v) is 3.40. The van der Waals surface area contributed by atoms with E-state index in [1.54, 1.807) is 12.1 Å². The number of carboxylic acid groups (broad SMARTS) is 1. The van der Waals surface area contributed by atoms with Gasteiger partial charge in [0, 0.05) is 31.3 Å². The Morgan fingerprint density at radius 2 is 1.96 bits per heavy atom. The smallest absolute Gasteiger partial charge is 0.303 e. The van der Waals surface area contributed by atoms with Crippen LogP contribution in [0.25, 0.3) is 0 Å². The van der Waals surface area contributed by atoms with Crippen LogP contribution in [0.3, 0.4) is 0 Å². The van der Waals surface area contributed by atoms with Gasteiger partial charge >= 0.3 is 5.97 Å². The largest absolute Gasteiger partial charge is 0.508 e. The van der Waals surface area contributed by atoms with Crippen molar-refractivity contribution in [3.8, 4) is 5.75 Å². The van der Waals surface area contributed by atoms with Crippen molar-refractivity contribution in [2.75, 3.05) is 13.1 Å². The normalized spacial score (nSPS) is 20.5. The number of carboxylic acids is 1. The number of phenolic OH excluding ortho intramolecular Hbond substituents is 1. The maximum Gasteiger partial charge on any atom is 0.303 e. The number of likely N-dealkylation sites (tertiary alicyclic amines) is 1. The fraction of sp³-hybridized carbons (Fsp3) is 0.500. The number of aliphatic carboxylic acids is 1. The number of hydrogen-bond donors (Lipinski definition) is 2. The second-order valence-corrected chi connectivity index (χ2v) is 6.96. The standard InChI is InChI=1S/C20H27NO4/c1-14(2)20(25)21-12-15(8-4-3-5-11-19(23)24)17(13-21)16-9-6-7-10-18(16)22/h3-4,6-7,9-10,14-15,17,22H,5,8,11-13H2,1-2H3,(H,23,24)/b4-3-/t15-,17-/m0/s1. The quantitative estimate of drug-likeness (QED) is 0.743. The number of carbonyl (C=O) groups excluding carboxylic acids is 1. The third-order valence-corrected chi connectivity index (χ3v) is 4.71. The molecular weight excluding hydrogens is 318 g/mol. The number of para-hydroxylation sites is 1. The van der Waals surface area contributed by atoms with Crippen molar-refractivity contribution in [2.45, 2.75) is 39.0 Å². The highest BCUT2D eigenvalue weighted by Gasteiger charge is 2.37. The zero-order valence-electron chi connectivity index (χ0n) is 14.9. The minimum absolute atomic E-state index is 0.0464. The zero-order chi connectivity index (χ0) is 18.4. The van der Waals surface area contributed by atoms with Crippen LogP contribution in [0.1, 0.15) is 44.6 Å². The molecule has 2 atom stereocenters. The van der Waals surface area contributed by atoms with Gasteiger partial charge in [-0.3, -0.25) is 9.59 Å². The molecule has 5 heteroatoms. The third kappa shape index (κ3) is 5.08. The second kappa shape index (κ2) is 8.70. The molecule has 1 amide bonds. The number of nitrogens with zero attached hydrogens (tertiary/aromatic N) is 1. The van der Waals surface area contributed by atoms with Crippen LogP contribution in [0.5, 0.6) is 5.75 Å². The summed E-state index contributed by atoms with van der Waals surface area (Å²) in [5.41, 5.74) is 0.880. The number of rotatable bonds is 7. The molecule has 0 bridgehead atoms. The molecule has 0 aromatic heterocycles. The monoisotopic (exact) mass is 345 g/mol. The Morgan fingerprint density at radius 1 is 1.24 bits per heavy atom. The first kappa shape index (κ1) is 19.0. The van der Waals surface area contributed by atoms with Crippen LogP contribution in [0.15, 0.2) is 36.4 Å². The first-order valence-electron chi connectivity index (χ1n) is 8.83. The summed E-state index contributed by atoms with van der Waals surface area (Å²) in [5, 5.41) is 18.9. The average Bonchev–Trinajstić information content (AvgIpc) is 2.97. The van der Waals surface area contributed by atoms with Crippen LogP contribution in [-0.4, -0.2) is 40.1 Å². The predicted molar refractivity (Wildman–Crippen MR) is 96.4 cm³/mol. The molecule has 1 aromatic carbocycles. The Morgan fingerprint density at radius 3 is 2.60 bits per heavy atom. The number of carbonyl (C=O) groups is 2. The van der Waals surface area contributed by atoms with E-state index in [4.69, 9.17) is 5.11 Å². The van der Waals surface area contributed by atoms with E-state index in [2.05, 4.69) is 0 Å². The second-order valence-electron chi connectivity index (χ2n) is 6.96. The number of hydrogen-bond acceptors (Lipinski definition) is 3. The van der Waals surface area contributed by atoms with Gasteiger partial charge in [-0.05, 0) is 30.4 Å². The Balaban J connectivity index is 2.11. The summed E-state index contributed by atoms with van der Waals surface area (Å²) < 4.78 is 0. The maximum atomic E-state index is 12.4. The van der Waals surface area contributed by atoms with Crippen molar-refractivity contribution < 1.29 is 19.8 Å². The van der Waals surface area contributed by atoms with Gasteiger partial charge in [-0.1, -0.05) is 44.2 Å². The van der Waals surface area contributed by atoms with Crippen molar-refractivity contribution in [1.29, 1.82) is 0 Å². The minimum atomic E-state index is -0.800. The SMILES string of the molecule is CC(C)C(=O)N1C[C@H](C/C=C\CCC(=O)O)[C@@H](c2ccccc2O)C1. The summed E-state index contributed by atoms with van der Waals surface area (Å²) in [6.07, 6.45) is 5.30. The van der Waals surface area contributed by atoms with E-state index < -0.39 is 5.97 Å². The summed E-state index contributed by atoms with van der Waals surface area (Å²) in [7, 11) is 0. The zero-order valence-corrected chi connectivity index (χ0v) is 14.9. The topological polar surface area (TPSA) is 77.8 Å². The van der Waals surface area contributed by atoms with Gasteiger partial charge < -0.3 is 15.1 Å². The van der Waals surface area contributed by atoms with Crippen molar-refractivity contribution in [2.24, 2.45) is 11.8 Å². The number of phenols is 1. The molecule has 1 fully saturated rings. The highest BCUT2D eigenvalue weighted by molar-refractivity contribution is 5.78. The van der Waals surface area contributed by atoms with Gasteiger partial charge in [0.2, 0.25) is 5.91 Å². The average molecular weight is 345 g/mol. The molecule has 1 aromatic rings. The molecule has 0 radical (unpaired) electrons. The minimum Gasteiger partial charge on any atom is -0.508 e. The van der Waals surface area contributed by atoms with Crippen molar-refractivity contribution in [3.63, 3.8) is 0 Å². The van der Waals surface area contributed by atoms with E-state index >= 15 is 0 Å². The molecule has 0 spiro atoms. The highest BCUT2D eigenvalue weighted by Crippen LogP contribution is 2.39. The van der Waals surface area contributed by atoms with E-state index in [0.29, 0.717) is 19.5 Å². The van der Waals surface area contributed by atoms with Crippen molar-refractivity contribution >= 4 is 11.9 Å². The summed E-state index contributed by atoms with van der Waals surface area (Å²) in [5.74, 6) is -0.129. The van der Waals surface area contributed by atoms with Gasteiger partial charge in [0.1, 0.15) is 5.75 Å². The van der Waals surface area contributed by atoms with Crippen molar-refractivity contribution in [3.05, 3.63) is 42.0 Å². The van der Waals surface area contributed by atoms with Crippen LogP contribution in [0.2, 0.25) is 0 Å². The first-order valence-corrected chi connectivity index (χ1v) is 8.83. The molecule has 5 nitrogen and oxygen atoms in total. The summed E-state index contributed by atoms with van der Waals surface area (Å²) in [6, 6.07) is 7.31. The number of amides is 1. The van der Waals surface area contributed by atoms with Crippen LogP contribution in [-0.2, 0) is 9.59 Å². The van der Waals surface area contributed by atoms with E-state index in [1.807, 2.05) is 43.0 Å². The van der Waals surface area contributed by atoms with E-state index in [0.717, 1.165) is 12.0 Å². The Kier molecular flexibility index (Phi) is 6.62. The van der Waals surface area contributed by atoms with Crippen LogP contribution >= 0.6 is 0 Å². The summed E-state index contributed by atoms with van der Waals surface area (Å²) >= 11 is 0. The summed E-state index contributed by atoms with van der Waals surface area (Å²) in [4.78, 5) is 24.8. The van der Waals surface area contributed by atoms with Gasteiger partial charge in [-0.2, -0.15) is 0 Å². The van der Waals surface area contributed by atoms with Crippen LogP contribution in [0.4, 0.5) is 0 Å². The number of benzene rings is 1. The van der Waals surface area contributed by atoms with Crippen molar-refractivity contribution in [1.82, 2.24) is 4.90 Å². The van der Waals surface area contributed by atoms with Gasteiger partial charge in [0.05, 0.1) is 0 Å². The lowest BCUT2D eigenvalue weighted by atomic mass is 9.86. The molecule has 2 N–H and O–H groups in total. The lowest BCUT2D eigenvalue weighted by Crippen LogP contribution is -2.32. The molecule has 1 saturated heterocycles. The highest BCUT2D eigenvalue weighted by atomic mass is 16.4. The molecule has 136 valence electrons. The molecular formula is C20H27NO4. The van der Waals surface area contributed by atoms with Crippen LogP contribution < -0.4 is 0 Å². The van der Waals surface area contributed by atoms with Gasteiger partial charge in [-0.25, -0.2) is 0 Å². The van der Waals surface area contributed by atoms with E-state index in [9.17, 15) is 14.7 Å². The van der Waals surface area contributed by atoms with E-state index in [1.165, 1.54) is 0 Å². The fourth-order valence-electron chi connectivity index (χ4n) is 3.40. The molecule has 25 heavy (non-hydrogen) atoms. The van der Waals surface area contributed by atoms with E-state index in [-0.39, 0.29) is 35.8 Å². The van der Waals surface area contributed by atoms with Gasteiger partial charge in [0.25, 0.3) is 0 Å². The van der Waals surface area contributed by atoms with Gasteiger partial charge in [-0.15, -0.1) is 0 Å². The Bertz CT molecular complexity index is 638. The van der Waals surface area contributed by atoms with Crippen LogP contribution in [0, 0.1) is 11.8 Å². The maximum absolute atomic E-state index is 12.4. The lowest BCUT2D eigenvalue weighted by Gasteiger charge is -2.19. The first-order chi connectivity index (χ1) is 11.9. The number of allylic oxidation sites excluding steroid dienone is 2. The predicted octanol–water partition coefficient (Wildman–Crippen LogP) is 3.40. The molecule has 1 aliphatic heterocycles. The Labute approximate surface area is 149 Å². The van der Waals surface area contributed by atoms with Gasteiger partial charge in [0.15, 0.2) is 0 Å². The number of aromatic hydroxyl groups is 1. The Hall–Kier alpha value is -2.30. The lowest BCUT2D eigenvalue weighted by molar-refractivity contribution is -0.137. The molecule has 1 heterocycles. The third-order valence-electron chi connectivity index (χ3n) is 4.71. The molecule has 0 unspecified atom stereocenters. The molecule has 2 rings (SSSR count). The molecule has 1 aliphatic rings. The molecule has 0 saturated carbocycles.